The molecule has 0 radical (unpaired) electrons. The number of aromatic nitrogens is 4. The number of rotatable bonds is 5. The van der Waals surface area contributed by atoms with Crippen molar-refractivity contribution in [2.45, 2.75) is 13.8 Å². The molecule has 8 heteroatoms. The zero-order chi connectivity index (χ0) is 21.1. The van der Waals surface area contributed by atoms with Crippen molar-refractivity contribution in [1.82, 2.24) is 25.4 Å². The number of hydrazone groups is 1. The summed E-state index contributed by atoms with van der Waals surface area (Å²) >= 11 is 5.86. The molecule has 0 aliphatic heterocycles. The number of nitrogens with zero attached hydrogens (tertiary/aromatic N) is 4. The maximum Gasteiger partial charge on any atom is 0.289 e. The van der Waals surface area contributed by atoms with Gasteiger partial charge in [-0.2, -0.15) is 15.3 Å². The highest BCUT2D eigenvalue weighted by Crippen LogP contribution is 2.27. The smallest absolute Gasteiger partial charge is 0.272 e. The standard InChI is InChI=1S/C22H19ClN6O/c1-14-21(15(2)29(28-14)18-6-4-3-5-7-18)19-12-20(26-25-19)22(30)27-24-13-16-8-10-17(23)11-9-16/h3-13H,1-2H3,(H,25,26)(H,27,30). The fourth-order valence-corrected chi connectivity index (χ4v) is 3.30. The summed E-state index contributed by atoms with van der Waals surface area (Å²) < 4.78 is 1.87. The van der Waals surface area contributed by atoms with Crippen molar-refractivity contribution in [1.29, 1.82) is 0 Å². The quantitative estimate of drug-likeness (QED) is 0.374. The summed E-state index contributed by atoms with van der Waals surface area (Å²) in [4.78, 5) is 12.4. The first-order chi connectivity index (χ1) is 14.5. The Morgan fingerprint density at radius 2 is 1.87 bits per heavy atom. The summed E-state index contributed by atoms with van der Waals surface area (Å²) in [7, 11) is 0. The van der Waals surface area contributed by atoms with E-state index < -0.39 is 0 Å². The molecule has 0 spiro atoms. The molecule has 2 aromatic heterocycles. The Hall–Kier alpha value is -3.71. The Morgan fingerprint density at radius 3 is 2.60 bits per heavy atom. The second-order valence-electron chi connectivity index (χ2n) is 6.71. The van der Waals surface area contributed by atoms with Crippen LogP contribution in [0.5, 0.6) is 0 Å². The molecule has 0 aliphatic carbocycles. The number of carbonyl (C=O) groups is 1. The van der Waals surface area contributed by atoms with Gasteiger partial charge in [-0.3, -0.25) is 9.89 Å². The predicted molar refractivity (Wildman–Crippen MR) is 117 cm³/mol. The highest BCUT2D eigenvalue weighted by Gasteiger charge is 2.18. The predicted octanol–water partition coefficient (Wildman–Crippen LogP) is 4.30. The zero-order valence-electron chi connectivity index (χ0n) is 16.4. The van der Waals surface area contributed by atoms with Gasteiger partial charge in [0.1, 0.15) is 5.69 Å². The van der Waals surface area contributed by atoms with Crippen LogP contribution in [-0.4, -0.2) is 32.1 Å². The number of aromatic amines is 1. The molecule has 0 aliphatic rings. The van der Waals surface area contributed by atoms with Crippen LogP contribution >= 0.6 is 11.6 Å². The molecule has 4 aromatic rings. The van der Waals surface area contributed by atoms with Crippen molar-refractivity contribution in [3.05, 3.63) is 88.3 Å². The number of H-pyrrole nitrogens is 1. The molecule has 0 bridgehead atoms. The highest BCUT2D eigenvalue weighted by molar-refractivity contribution is 6.30. The van der Waals surface area contributed by atoms with Crippen LogP contribution in [0.3, 0.4) is 0 Å². The third kappa shape index (κ3) is 4.01. The summed E-state index contributed by atoms with van der Waals surface area (Å²) in [5.74, 6) is -0.385. The van der Waals surface area contributed by atoms with Gasteiger partial charge >= 0.3 is 0 Å². The largest absolute Gasteiger partial charge is 0.289 e. The summed E-state index contributed by atoms with van der Waals surface area (Å²) in [6.07, 6.45) is 1.55. The third-order valence-electron chi connectivity index (χ3n) is 4.62. The first kappa shape index (κ1) is 19.6. The minimum Gasteiger partial charge on any atom is -0.272 e. The molecule has 0 saturated heterocycles. The van der Waals surface area contributed by atoms with Gasteiger partial charge in [-0.25, -0.2) is 10.1 Å². The molecule has 7 nitrogen and oxygen atoms in total. The van der Waals surface area contributed by atoms with E-state index in [0.717, 1.165) is 28.2 Å². The maximum absolute atomic E-state index is 12.4. The van der Waals surface area contributed by atoms with Crippen LogP contribution in [0.15, 0.2) is 65.8 Å². The van der Waals surface area contributed by atoms with E-state index in [1.807, 2.05) is 61.0 Å². The van der Waals surface area contributed by atoms with E-state index in [9.17, 15) is 4.79 Å². The van der Waals surface area contributed by atoms with E-state index in [1.165, 1.54) is 0 Å². The average molecular weight is 419 g/mol. The second-order valence-corrected chi connectivity index (χ2v) is 7.15. The number of para-hydroxylation sites is 1. The Labute approximate surface area is 178 Å². The third-order valence-corrected chi connectivity index (χ3v) is 4.87. The van der Waals surface area contributed by atoms with Gasteiger partial charge in [0.25, 0.3) is 5.91 Å². The van der Waals surface area contributed by atoms with E-state index in [1.54, 1.807) is 24.4 Å². The first-order valence-corrected chi connectivity index (χ1v) is 9.67. The van der Waals surface area contributed by atoms with Gasteiger partial charge in [-0.05, 0) is 49.7 Å². The Balaban J connectivity index is 1.52. The molecule has 30 heavy (non-hydrogen) atoms. The second kappa shape index (κ2) is 8.34. The van der Waals surface area contributed by atoms with E-state index in [0.29, 0.717) is 16.4 Å². The number of benzene rings is 2. The fraction of sp³-hybridized carbons (Fsp3) is 0.0909. The van der Waals surface area contributed by atoms with Crippen molar-refractivity contribution in [3.63, 3.8) is 0 Å². The molecule has 2 aromatic carbocycles. The summed E-state index contributed by atoms with van der Waals surface area (Å²) in [5.41, 5.74) is 7.90. The number of hydrogen-bond donors (Lipinski definition) is 2. The maximum atomic E-state index is 12.4. The normalized spacial score (nSPS) is 11.2. The highest BCUT2D eigenvalue weighted by atomic mass is 35.5. The molecule has 4 rings (SSSR count). The van der Waals surface area contributed by atoms with Crippen LogP contribution in [0.2, 0.25) is 5.02 Å². The molecule has 1 amide bonds. The van der Waals surface area contributed by atoms with Crippen molar-refractivity contribution < 1.29 is 4.79 Å². The Bertz CT molecular complexity index is 1210. The van der Waals surface area contributed by atoms with Gasteiger partial charge in [0.05, 0.1) is 29.0 Å². The summed E-state index contributed by atoms with van der Waals surface area (Å²) in [6.45, 7) is 3.90. The van der Waals surface area contributed by atoms with E-state index in [2.05, 4.69) is 25.8 Å². The Morgan fingerprint density at radius 1 is 1.13 bits per heavy atom. The SMILES string of the molecule is Cc1nn(-c2ccccc2)c(C)c1-c1cc(C(=O)NN=Cc2ccc(Cl)cc2)[nH]n1. The summed E-state index contributed by atoms with van der Waals surface area (Å²) in [6, 6.07) is 18.7. The van der Waals surface area contributed by atoms with E-state index in [4.69, 9.17) is 11.6 Å². The minimum absolute atomic E-state index is 0.310. The molecule has 2 heterocycles. The van der Waals surface area contributed by atoms with E-state index in [-0.39, 0.29) is 5.91 Å². The van der Waals surface area contributed by atoms with Crippen LogP contribution in [0.25, 0.3) is 16.9 Å². The first-order valence-electron chi connectivity index (χ1n) is 9.29. The number of hydrogen-bond acceptors (Lipinski definition) is 4. The number of aryl methyl sites for hydroxylation is 1. The van der Waals surface area contributed by atoms with Crippen LogP contribution in [0, 0.1) is 13.8 Å². The van der Waals surface area contributed by atoms with Crippen molar-refractivity contribution >= 4 is 23.7 Å². The molecular formula is C22H19ClN6O. The molecule has 0 atom stereocenters. The molecular weight excluding hydrogens is 400 g/mol. The average Bonchev–Trinajstić information content (AvgIpc) is 3.34. The van der Waals surface area contributed by atoms with Gasteiger partial charge in [-0.1, -0.05) is 41.9 Å². The zero-order valence-corrected chi connectivity index (χ0v) is 17.2. The van der Waals surface area contributed by atoms with Gasteiger partial charge in [0.2, 0.25) is 0 Å². The number of amides is 1. The monoisotopic (exact) mass is 418 g/mol. The Kier molecular flexibility index (Phi) is 5.45. The number of nitrogens with one attached hydrogen (secondary N) is 2. The molecule has 2 N–H and O–H groups in total. The molecule has 0 saturated carbocycles. The lowest BCUT2D eigenvalue weighted by Crippen LogP contribution is -2.17. The van der Waals surface area contributed by atoms with Crippen LogP contribution in [-0.2, 0) is 0 Å². The van der Waals surface area contributed by atoms with Gasteiger partial charge in [0.15, 0.2) is 0 Å². The molecule has 0 unspecified atom stereocenters. The topological polar surface area (TPSA) is 88.0 Å². The minimum atomic E-state index is -0.385. The number of carbonyl (C=O) groups excluding carboxylic acids is 1. The van der Waals surface area contributed by atoms with E-state index >= 15 is 0 Å². The summed E-state index contributed by atoms with van der Waals surface area (Å²) in [5, 5.41) is 16.3. The van der Waals surface area contributed by atoms with Crippen LogP contribution in [0.1, 0.15) is 27.4 Å². The van der Waals surface area contributed by atoms with Crippen molar-refractivity contribution in [2.24, 2.45) is 5.10 Å². The van der Waals surface area contributed by atoms with Crippen LogP contribution < -0.4 is 5.43 Å². The van der Waals surface area contributed by atoms with Crippen molar-refractivity contribution in [3.8, 4) is 16.9 Å². The van der Waals surface area contributed by atoms with Crippen molar-refractivity contribution in [2.75, 3.05) is 0 Å². The lowest BCUT2D eigenvalue weighted by atomic mass is 10.1. The lowest BCUT2D eigenvalue weighted by molar-refractivity contribution is 0.0950. The fourth-order valence-electron chi connectivity index (χ4n) is 3.17. The lowest BCUT2D eigenvalue weighted by Gasteiger charge is -2.04. The molecule has 0 fully saturated rings. The van der Waals surface area contributed by atoms with Crippen LogP contribution in [0.4, 0.5) is 0 Å². The number of halogens is 1. The van der Waals surface area contributed by atoms with Gasteiger partial charge < -0.3 is 0 Å². The van der Waals surface area contributed by atoms with Gasteiger partial charge in [0, 0.05) is 10.6 Å². The molecule has 150 valence electrons. The van der Waals surface area contributed by atoms with Gasteiger partial charge in [-0.15, -0.1) is 0 Å².